The highest BCUT2D eigenvalue weighted by atomic mass is 35.5. The van der Waals surface area contributed by atoms with Gasteiger partial charge in [-0.3, -0.25) is 4.79 Å². The summed E-state index contributed by atoms with van der Waals surface area (Å²) in [4.78, 5) is 34.7. The first-order valence-corrected chi connectivity index (χ1v) is 15.0. The number of halogens is 1. The molecule has 0 spiro atoms. The molecule has 0 saturated carbocycles. The van der Waals surface area contributed by atoms with Gasteiger partial charge in [-0.15, -0.1) is 0 Å². The largest absolute Gasteiger partial charge is 0.465 e. The lowest BCUT2D eigenvalue weighted by Gasteiger charge is -2.40. The van der Waals surface area contributed by atoms with Gasteiger partial charge in [0, 0.05) is 28.3 Å². The number of rotatable bonds is 10. The van der Waals surface area contributed by atoms with Crippen molar-refractivity contribution in [2.75, 3.05) is 20.3 Å². The van der Waals surface area contributed by atoms with E-state index in [4.69, 9.17) is 30.8 Å². The number of methoxy groups -OCH3 is 1. The Morgan fingerprint density at radius 3 is 2.38 bits per heavy atom. The van der Waals surface area contributed by atoms with Crippen molar-refractivity contribution < 1.29 is 23.8 Å². The summed E-state index contributed by atoms with van der Waals surface area (Å²) in [5.74, 6) is 0.110. The molecule has 0 aliphatic rings. The van der Waals surface area contributed by atoms with Crippen LogP contribution in [0.2, 0.25) is 5.02 Å². The quantitative estimate of drug-likeness (QED) is 0.251. The summed E-state index contributed by atoms with van der Waals surface area (Å²) >= 11 is 6.72. The molecule has 3 atom stereocenters. The minimum Gasteiger partial charge on any atom is -0.465 e. The Morgan fingerprint density at radius 2 is 1.80 bits per heavy atom. The molecule has 218 valence electrons. The lowest BCUT2D eigenvalue weighted by Crippen LogP contribution is -2.54. The van der Waals surface area contributed by atoms with E-state index in [1.54, 1.807) is 21.0 Å². The third kappa shape index (κ3) is 6.70. The molecule has 8 nitrogen and oxygen atoms in total. The van der Waals surface area contributed by atoms with Crippen molar-refractivity contribution in [3.8, 4) is 0 Å². The number of benzene rings is 2. The van der Waals surface area contributed by atoms with Gasteiger partial charge in [0.2, 0.25) is 0 Å². The maximum atomic E-state index is 13.2. The van der Waals surface area contributed by atoms with Crippen LogP contribution in [0.4, 0.5) is 4.79 Å². The third-order valence-electron chi connectivity index (χ3n) is 7.06. The van der Waals surface area contributed by atoms with E-state index in [-0.39, 0.29) is 31.0 Å². The maximum absolute atomic E-state index is 13.2. The predicted molar refractivity (Wildman–Crippen MR) is 162 cm³/mol. The zero-order valence-corrected chi connectivity index (χ0v) is 27.7. The molecule has 0 fully saturated rings. The smallest absolute Gasteiger partial charge is 0.408 e. The van der Waals surface area contributed by atoms with E-state index >= 15 is 0 Å². The molecule has 40 heavy (non-hydrogen) atoms. The van der Waals surface area contributed by atoms with Crippen LogP contribution in [0.1, 0.15) is 71.3 Å². The minimum atomic E-state index is -1.01. The Bertz CT molecular complexity index is 1350. The van der Waals surface area contributed by atoms with Crippen LogP contribution in [0, 0.1) is 5.92 Å². The SMILES string of the molecule is CCOC(=O)C(C)(COC)c1ccc2[nH]c([C@]([SiH3])(NC(=O)OC(C)(C)C)[C@H](c3ccccc3Cl)C(C)C)nc2c1. The van der Waals surface area contributed by atoms with Gasteiger partial charge in [0.05, 0.1) is 29.4 Å². The summed E-state index contributed by atoms with van der Waals surface area (Å²) in [5, 5.41) is 2.90. The molecule has 1 aromatic heterocycles. The number of ether oxygens (including phenoxy) is 3. The molecule has 0 saturated heterocycles. The number of alkyl carbamates (subject to hydrolysis) is 1. The Balaban J connectivity index is 2.20. The highest BCUT2D eigenvalue weighted by Crippen LogP contribution is 2.42. The van der Waals surface area contributed by atoms with Crippen molar-refractivity contribution in [1.82, 2.24) is 15.3 Å². The third-order valence-corrected chi connectivity index (χ3v) is 8.75. The van der Waals surface area contributed by atoms with E-state index in [0.717, 1.165) is 16.6 Å². The molecule has 1 unspecified atom stereocenters. The number of carbonyl (C=O) groups excluding carboxylic acids is 2. The van der Waals surface area contributed by atoms with E-state index in [1.807, 2.05) is 63.2 Å². The number of aromatic nitrogens is 2. The first-order chi connectivity index (χ1) is 18.7. The molecule has 2 aromatic carbocycles. The number of imidazole rings is 1. The molecule has 3 rings (SSSR count). The summed E-state index contributed by atoms with van der Waals surface area (Å²) in [6, 6.07) is 13.3. The van der Waals surface area contributed by atoms with Gasteiger partial charge in [-0.25, -0.2) is 9.78 Å². The van der Waals surface area contributed by atoms with E-state index < -0.39 is 22.3 Å². The number of H-pyrrole nitrogens is 1. The van der Waals surface area contributed by atoms with Gasteiger partial charge in [0.15, 0.2) is 0 Å². The number of fused-ring (bicyclic) bond motifs is 1. The number of esters is 1. The molecule has 0 bridgehead atoms. The molecule has 0 aliphatic carbocycles. The fourth-order valence-electron chi connectivity index (χ4n) is 5.30. The van der Waals surface area contributed by atoms with Crippen molar-refractivity contribution in [3.63, 3.8) is 0 Å². The van der Waals surface area contributed by atoms with Gasteiger partial charge in [-0.05, 0) is 69.9 Å². The molecule has 1 heterocycles. The van der Waals surface area contributed by atoms with E-state index in [2.05, 4.69) is 24.1 Å². The monoisotopic (exact) mass is 587 g/mol. The van der Waals surface area contributed by atoms with Crippen LogP contribution >= 0.6 is 11.6 Å². The normalized spacial score (nSPS) is 15.8. The highest BCUT2D eigenvalue weighted by molar-refractivity contribution is 6.31. The molecule has 0 aliphatic heterocycles. The fourth-order valence-corrected chi connectivity index (χ4v) is 6.97. The van der Waals surface area contributed by atoms with E-state index in [1.165, 1.54) is 0 Å². The van der Waals surface area contributed by atoms with Crippen molar-refractivity contribution in [1.29, 1.82) is 0 Å². The van der Waals surface area contributed by atoms with Gasteiger partial charge in [0.1, 0.15) is 16.8 Å². The number of carbonyl (C=O) groups is 2. The summed E-state index contributed by atoms with van der Waals surface area (Å²) in [6.45, 7) is 13.7. The lowest BCUT2D eigenvalue weighted by atomic mass is 9.81. The second-order valence-corrected chi connectivity index (χ2v) is 13.9. The first-order valence-electron chi connectivity index (χ1n) is 13.6. The maximum Gasteiger partial charge on any atom is 0.408 e. The number of amides is 1. The van der Waals surface area contributed by atoms with Gasteiger partial charge in [0.25, 0.3) is 0 Å². The zero-order valence-electron chi connectivity index (χ0n) is 25.0. The Labute approximate surface area is 244 Å². The van der Waals surface area contributed by atoms with Crippen LogP contribution in [-0.4, -0.2) is 58.2 Å². The lowest BCUT2D eigenvalue weighted by molar-refractivity contribution is -0.151. The number of nitrogens with zero attached hydrogens (tertiary/aromatic N) is 1. The van der Waals surface area contributed by atoms with Crippen molar-refractivity contribution in [3.05, 3.63) is 64.4 Å². The molecule has 3 aromatic rings. The summed E-state index contributed by atoms with van der Waals surface area (Å²) < 4.78 is 16.5. The molecular formula is C30H42ClN3O5Si. The van der Waals surface area contributed by atoms with Crippen LogP contribution in [0.15, 0.2) is 42.5 Å². The summed E-state index contributed by atoms with van der Waals surface area (Å²) in [7, 11) is 2.03. The van der Waals surface area contributed by atoms with Gasteiger partial charge >= 0.3 is 12.1 Å². The van der Waals surface area contributed by atoms with Crippen LogP contribution in [0.5, 0.6) is 0 Å². The predicted octanol–water partition coefficient (Wildman–Crippen LogP) is 5.17. The second kappa shape index (κ2) is 12.3. The Morgan fingerprint density at radius 1 is 1.12 bits per heavy atom. The number of nitrogens with one attached hydrogen (secondary N) is 2. The first kappa shape index (κ1) is 31.6. The zero-order chi connectivity index (χ0) is 29.9. The van der Waals surface area contributed by atoms with Crippen LogP contribution in [0.25, 0.3) is 11.0 Å². The minimum absolute atomic E-state index is 0.0879. The van der Waals surface area contributed by atoms with Crippen molar-refractivity contribution in [2.24, 2.45) is 5.92 Å². The average molecular weight is 588 g/mol. The van der Waals surface area contributed by atoms with Gasteiger partial charge in [-0.1, -0.05) is 49.7 Å². The highest BCUT2D eigenvalue weighted by Gasteiger charge is 2.44. The standard InChI is InChI=1S/C30H42ClN3O5Si/c1-9-38-26(35)29(7,17-37-8)19-14-15-22-23(16-19)33-25(32-22)30(40,34-27(36)39-28(4,5)6)24(18(2)3)20-12-10-11-13-21(20)31/h10-16,18,24H,9,17H2,1-8,40H3,(H,32,33)(H,34,36)/t24-,29?,30-/m0/s1. The average Bonchev–Trinajstić information content (AvgIpc) is 3.28. The molecule has 2 N–H and O–H groups in total. The van der Waals surface area contributed by atoms with Crippen molar-refractivity contribution >= 4 is 44.9 Å². The molecular weight excluding hydrogens is 546 g/mol. The molecule has 10 heteroatoms. The summed E-state index contributed by atoms with van der Waals surface area (Å²) in [5.41, 5.74) is 1.39. The summed E-state index contributed by atoms with van der Waals surface area (Å²) in [6.07, 6.45) is -0.531. The second-order valence-electron chi connectivity index (χ2n) is 11.9. The Kier molecular flexibility index (Phi) is 9.75. The Hall–Kier alpha value is -2.88. The molecule has 1 amide bonds. The van der Waals surface area contributed by atoms with Crippen molar-refractivity contribution in [2.45, 2.75) is 70.6 Å². The number of hydrogen-bond acceptors (Lipinski definition) is 6. The van der Waals surface area contributed by atoms with Crippen LogP contribution < -0.4 is 5.32 Å². The van der Waals surface area contributed by atoms with Gasteiger partial charge < -0.3 is 24.5 Å². The topological polar surface area (TPSA) is 103 Å². The van der Waals surface area contributed by atoms with Crippen LogP contribution in [0.3, 0.4) is 0 Å². The molecule has 0 radical (unpaired) electrons. The van der Waals surface area contributed by atoms with E-state index in [9.17, 15) is 9.59 Å². The van der Waals surface area contributed by atoms with E-state index in [0.29, 0.717) is 26.6 Å². The number of hydrogen-bond donors (Lipinski definition) is 2. The number of aromatic amines is 1. The van der Waals surface area contributed by atoms with Crippen LogP contribution in [-0.2, 0) is 29.6 Å². The fraction of sp³-hybridized carbons (Fsp3) is 0.500. The van der Waals surface area contributed by atoms with Gasteiger partial charge in [-0.2, -0.15) is 0 Å².